The molecule has 0 saturated carbocycles. The van der Waals surface area contributed by atoms with E-state index < -0.39 is 0 Å². The van der Waals surface area contributed by atoms with Crippen molar-refractivity contribution in [1.29, 1.82) is 0 Å². The van der Waals surface area contributed by atoms with Crippen molar-refractivity contribution in [3.63, 3.8) is 0 Å². The Morgan fingerprint density at radius 1 is 0.952 bits per heavy atom. The van der Waals surface area contributed by atoms with Crippen LogP contribution in [0.25, 0.3) is 0 Å². The molecule has 0 radical (unpaired) electrons. The number of hydrogen-bond acceptors (Lipinski definition) is 4. The number of hydrogen-bond donors (Lipinski definition) is 0. The van der Waals surface area contributed by atoms with Gasteiger partial charge >= 0.3 is 0 Å². The maximum absolute atomic E-state index is 4.37. The zero-order valence-electron chi connectivity index (χ0n) is 13.7. The van der Waals surface area contributed by atoms with Crippen molar-refractivity contribution < 1.29 is 0 Å². The van der Waals surface area contributed by atoms with Crippen LogP contribution in [-0.4, -0.2) is 47.1 Å². The number of aromatic nitrogens is 2. The standard InChI is InChI=1S/C17H30N4/c1-3-5-8-16(9-6-4-2)20-12-14-21(15-13-20)17-18-10-7-11-19-17/h7,10-11,16H,3-6,8-9,12-15H2,1-2H3. The molecule has 1 aliphatic rings. The fraction of sp³-hybridized carbons (Fsp3) is 0.765. The Hall–Kier alpha value is -1.16. The van der Waals surface area contributed by atoms with Gasteiger partial charge < -0.3 is 4.90 Å². The molecule has 1 fully saturated rings. The van der Waals surface area contributed by atoms with E-state index in [0.717, 1.165) is 38.2 Å². The zero-order valence-corrected chi connectivity index (χ0v) is 13.7. The minimum atomic E-state index is 0.781. The van der Waals surface area contributed by atoms with Crippen molar-refractivity contribution in [1.82, 2.24) is 14.9 Å². The lowest BCUT2D eigenvalue weighted by atomic mass is 10.0. The summed E-state index contributed by atoms with van der Waals surface area (Å²) < 4.78 is 0. The molecule has 0 N–H and O–H groups in total. The number of piperazine rings is 1. The van der Waals surface area contributed by atoms with E-state index in [0.29, 0.717) is 0 Å². The Morgan fingerprint density at radius 3 is 2.05 bits per heavy atom. The van der Waals surface area contributed by atoms with Crippen molar-refractivity contribution in [2.45, 2.75) is 58.4 Å². The fourth-order valence-electron chi connectivity index (χ4n) is 3.13. The third-order valence-electron chi connectivity index (χ3n) is 4.45. The van der Waals surface area contributed by atoms with Gasteiger partial charge in [-0.15, -0.1) is 0 Å². The molecule has 0 bridgehead atoms. The van der Waals surface area contributed by atoms with Gasteiger partial charge in [-0.2, -0.15) is 0 Å². The Bertz CT molecular complexity index is 366. The molecule has 0 spiro atoms. The van der Waals surface area contributed by atoms with Gasteiger partial charge in [-0.05, 0) is 18.9 Å². The summed E-state index contributed by atoms with van der Waals surface area (Å²) >= 11 is 0. The van der Waals surface area contributed by atoms with Gasteiger partial charge in [0.15, 0.2) is 0 Å². The van der Waals surface area contributed by atoms with Crippen LogP contribution in [0.2, 0.25) is 0 Å². The lowest BCUT2D eigenvalue weighted by Gasteiger charge is -2.39. The molecular weight excluding hydrogens is 260 g/mol. The van der Waals surface area contributed by atoms with E-state index in [9.17, 15) is 0 Å². The molecule has 1 aromatic rings. The molecule has 2 heterocycles. The summed E-state index contributed by atoms with van der Waals surface area (Å²) in [5.41, 5.74) is 0. The van der Waals surface area contributed by atoms with E-state index >= 15 is 0 Å². The SMILES string of the molecule is CCCCC(CCCC)N1CCN(c2ncccn2)CC1. The van der Waals surface area contributed by atoms with Crippen LogP contribution < -0.4 is 4.90 Å². The van der Waals surface area contributed by atoms with Gasteiger partial charge in [-0.3, -0.25) is 4.90 Å². The van der Waals surface area contributed by atoms with Crippen molar-refractivity contribution in [3.05, 3.63) is 18.5 Å². The van der Waals surface area contributed by atoms with E-state index in [1.165, 1.54) is 38.5 Å². The normalized spacial score (nSPS) is 16.6. The molecule has 0 unspecified atom stereocenters. The second-order valence-electron chi connectivity index (χ2n) is 6.01. The average Bonchev–Trinajstić information content (AvgIpc) is 2.56. The highest BCUT2D eigenvalue weighted by Gasteiger charge is 2.24. The molecule has 0 amide bonds. The third kappa shape index (κ3) is 4.95. The topological polar surface area (TPSA) is 32.3 Å². The average molecular weight is 290 g/mol. The molecule has 0 atom stereocenters. The predicted molar refractivity (Wildman–Crippen MR) is 88.7 cm³/mol. The minimum absolute atomic E-state index is 0.781. The zero-order chi connectivity index (χ0) is 14.9. The maximum Gasteiger partial charge on any atom is 0.225 e. The first-order valence-electron chi connectivity index (χ1n) is 8.61. The number of nitrogens with zero attached hydrogens (tertiary/aromatic N) is 4. The van der Waals surface area contributed by atoms with Crippen LogP contribution in [0.4, 0.5) is 5.95 Å². The molecule has 4 heteroatoms. The Morgan fingerprint density at radius 2 is 1.52 bits per heavy atom. The Labute approximate surface area is 129 Å². The minimum Gasteiger partial charge on any atom is -0.338 e. The molecule has 21 heavy (non-hydrogen) atoms. The molecule has 4 nitrogen and oxygen atoms in total. The van der Waals surface area contributed by atoms with Gasteiger partial charge in [0.2, 0.25) is 5.95 Å². The van der Waals surface area contributed by atoms with Crippen molar-refractivity contribution in [3.8, 4) is 0 Å². The summed E-state index contributed by atoms with van der Waals surface area (Å²) in [6, 6.07) is 2.66. The summed E-state index contributed by atoms with van der Waals surface area (Å²) in [5.74, 6) is 0.885. The second kappa shape index (κ2) is 8.98. The third-order valence-corrected chi connectivity index (χ3v) is 4.45. The highest BCUT2D eigenvalue weighted by atomic mass is 15.3. The van der Waals surface area contributed by atoms with E-state index in [1.807, 2.05) is 18.5 Å². The summed E-state index contributed by atoms with van der Waals surface area (Å²) in [7, 11) is 0. The number of anilines is 1. The largest absolute Gasteiger partial charge is 0.338 e. The first-order chi connectivity index (χ1) is 10.3. The van der Waals surface area contributed by atoms with Gasteiger partial charge in [0.1, 0.15) is 0 Å². The van der Waals surface area contributed by atoms with Gasteiger partial charge in [0.05, 0.1) is 0 Å². The van der Waals surface area contributed by atoms with Gasteiger partial charge in [0, 0.05) is 44.6 Å². The smallest absolute Gasteiger partial charge is 0.225 e. The van der Waals surface area contributed by atoms with Gasteiger partial charge in [0.25, 0.3) is 0 Å². The van der Waals surface area contributed by atoms with Gasteiger partial charge in [-0.1, -0.05) is 39.5 Å². The van der Waals surface area contributed by atoms with Crippen LogP contribution in [0.3, 0.4) is 0 Å². The van der Waals surface area contributed by atoms with Crippen LogP contribution >= 0.6 is 0 Å². The van der Waals surface area contributed by atoms with Crippen LogP contribution in [0.1, 0.15) is 52.4 Å². The number of unbranched alkanes of at least 4 members (excludes halogenated alkanes) is 2. The lowest BCUT2D eigenvalue weighted by molar-refractivity contribution is 0.162. The highest BCUT2D eigenvalue weighted by Crippen LogP contribution is 2.19. The fourth-order valence-corrected chi connectivity index (χ4v) is 3.13. The van der Waals surface area contributed by atoms with E-state index in [-0.39, 0.29) is 0 Å². The molecular formula is C17H30N4. The van der Waals surface area contributed by atoms with E-state index in [4.69, 9.17) is 0 Å². The molecule has 1 saturated heterocycles. The number of rotatable bonds is 8. The van der Waals surface area contributed by atoms with Crippen LogP contribution in [-0.2, 0) is 0 Å². The van der Waals surface area contributed by atoms with Gasteiger partial charge in [-0.25, -0.2) is 9.97 Å². The van der Waals surface area contributed by atoms with Crippen molar-refractivity contribution >= 4 is 5.95 Å². The highest BCUT2D eigenvalue weighted by molar-refractivity contribution is 5.29. The monoisotopic (exact) mass is 290 g/mol. The lowest BCUT2D eigenvalue weighted by Crippen LogP contribution is -2.50. The van der Waals surface area contributed by atoms with Crippen LogP contribution in [0.15, 0.2) is 18.5 Å². The second-order valence-corrected chi connectivity index (χ2v) is 6.01. The predicted octanol–water partition coefficient (Wildman–Crippen LogP) is 3.35. The van der Waals surface area contributed by atoms with Crippen LogP contribution in [0.5, 0.6) is 0 Å². The molecule has 1 aromatic heterocycles. The molecule has 118 valence electrons. The van der Waals surface area contributed by atoms with E-state index in [2.05, 4.69) is 33.6 Å². The van der Waals surface area contributed by atoms with Crippen molar-refractivity contribution in [2.24, 2.45) is 0 Å². The van der Waals surface area contributed by atoms with E-state index in [1.54, 1.807) is 0 Å². The Kier molecular flexibility index (Phi) is 6.93. The van der Waals surface area contributed by atoms with Crippen molar-refractivity contribution in [2.75, 3.05) is 31.1 Å². The molecule has 1 aliphatic heterocycles. The summed E-state index contributed by atoms with van der Waals surface area (Å²) in [6.45, 7) is 8.99. The maximum atomic E-state index is 4.37. The summed E-state index contributed by atoms with van der Waals surface area (Å²) in [4.78, 5) is 13.7. The first kappa shape index (κ1) is 16.2. The summed E-state index contributed by atoms with van der Waals surface area (Å²) in [5, 5.41) is 0. The Balaban J connectivity index is 1.85. The van der Waals surface area contributed by atoms with Crippen LogP contribution in [0, 0.1) is 0 Å². The summed E-state index contributed by atoms with van der Waals surface area (Å²) in [6.07, 6.45) is 11.7. The molecule has 0 aliphatic carbocycles. The quantitative estimate of drug-likeness (QED) is 0.735. The molecule has 0 aromatic carbocycles. The molecule has 2 rings (SSSR count). The first-order valence-corrected chi connectivity index (χ1v) is 8.61.